The Bertz CT molecular complexity index is 573. The summed E-state index contributed by atoms with van der Waals surface area (Å²) in [6.45, 7) is 10.6. The number of carbonyl (C=O) groups excluding carboxylic acids is 1. The fraction of sp³-hybridized carbons (Fsp3) is 0.962. The molecule has 2 heteroatoms. The largest absolute Gasteiger partial charge is 0.356 e. The summed E-state index contributed by atoms with van der Waals surface area (Å²) in [6.07, 6.45) is 16.7. The lowest BCUT2D eigenvalue weighted by atomic mass is 9.44. The molecule has 2 nitrogen and oxygen atoms in total. The lowest BCUT2D eigenvalue weighted by molar-refractivity contribution is -0.122. The zero-order valence-corrected chi connectivity index (χ0v) is 19.1. The molecule has 1 amide bonds. The fourth-order valence-corrected chi connectivity index (χ4v) is 9.12. The van der Waals surface area contributed by atoms with E-state index in [-0.39, 0.29) is 5.91 Å². The summed E-state index contributed by atoms with van der Waals surface area (Å²) >= 11 is 0. The van der Waals surface area contributed by atoms with Gasteiger partial charge in [0.2, 0.25) is 5.91 Å². The molecule has 5 unspecified atom stereocenters. The second-order valence-corrected chi connectivity index (χ2v) is 11.6. The van der Waals surface area contributed by atoms with E-state index in [9.17, 15) is 4.79 Å². The highest BCUT2D eigenvalue weighted by Crippen LogP contribution is 2.68. The predicted octanol–water partition coefficient (Wildman–Crippen LogP) is 6.59. The second kappa shape index (κ2) is 7.95. The van der Waals surface area contributed by atoms with Crippen LogP contribution < -0.4 is 5.32 Å². The maximum atomic E-state index is 12.0. The highest BCUT2D eigenvalue weighted by Gasteiger charge is 2.60. The van der Waals surface area contributed by atoms with E-state index in [1.54, 1.807) is 0 Å². The maximum absolute atomic E-state index is 12.0. The van der Waals surface area contributed by atoms with Crippen LogP contribution in [0.4, 0.5) is 0 Å². The summed E-state index contributed by atoms with van der Waals surface area (Å²) in [7, 11) is 0. The van der Waals surface area contributed by atoms with Crippen molar-refractivity contribution in [1.29, 1.82) is 0 Å². The van der Waals surface area contributed by atoms with Gasteiger partial charge < -0.3 is 5.32 Å². The van der Waals surface area contributed by atoms with E-state index >= 15 is 0 Å². The van der Waals surface area contributed by atoms with Crippen molar-refractivity contribution < 1.29 is 4.79 Å². The van der Waals surface area contributed by atoms with Crippen molar-refractivity contribution in [3.05, 3.63) is 0 Å². The SMILES string of the molecule is CCNC(=O)CCC(C)C1CCC2[C@@H]3CC[C@@H]4CCCC[C@]4(C)C3CCC12C. The number of fused-ring (bicyclic) bond motifs is 5. The number of hydrogen-bond acceptors (Lipinski definition) is 1. The molecule has 0 aromatic heterocycles. The van der Waals surface area contributed by atoms with Crippen LogP contribution in [0.3, 0.4) is 0 Å². The van der Waals surface area contributed by atoms with Crippen molar-refractivity contribution in [3.63, 3.8) is 0 Å². The third kappa shape index (κ3) is 3.35. The molecular formula is C26H45NO. The topological polar surface area (TPSA) is 29.1 Å². The van der Waals surface area contributed by atoms with Crippen LogP contribution in [0.5, 0.6) is 0 Å². The molecule has 8 atom stereocenters. The number of amides is 1. The van der Waals surface area contributed by atoms with Gasteiger partial charge in [0, 0.05) is 13.0 Å². The summed E-state index contributed by atoms with van der Waals surface area (Å²) in [6, 6.07) is 0. The highest BCUT2D eigenvalue weighted by molar-refractivity contribution is 5.75. The van der Waals surface area contributed by atoms with Crippen LogP contribution in [0.1, 0.15) is 105 Å². The minimum atomic E-state index is 0.251. The summed E-state index contributed by atoms with van der Waals surface area (Å²) < 4.78 is 0. The number of nitrogens with one attached hydrogen (secondary N) is 1. The predicted molar refractivity (Wildman–Crippen MR) is 117 cm³/mol. The van der Waals surface area contributed by atoms with Crippen LogP contribution >= 0.6 is 0 Å². The first-order chi connectivity index (χ1) is 13.4. The van der Waals surface area contributed by atoms with Crippen molar-refractivity contribution in [2.24, 2.45) is 46.3 Å². The van der Waals surface area contributed by atoms with Crippen molar-refractivity contribution in [2.75, 3.05) is 6.54 Å². The Hall–Kier alpha value is -0.530. The zero-order valence-electron chi connectivity index (χ0n) is 19.1. The van der Waals surface area contributed by atoms with Gasteiger partial charge in [-0.25, -0.2) is 0 Å². The first-order valence-corrected chi connectivity index (χ1v) is 12.7. The molecule has 0 aromatic rings. The molecular weight excluding hydrogens is 342 g/mol. The van der Waals surface area contributed by atoms with Gasteiger partial charge in [0.25, 0.3) is 0 Å². The summed E-state index contributed by atoms with van der Waals surface area (Å²) in [5.41, 5.74) is 1.20. The van der Waals surface area contributed by atoms with E-state index in [0.29, 0.717) is 16.7 Å². The van der Waals surface area contributed by atoms with Crippen LogP contribution in [-0.4, -0.2) is 12.5 Å². The molecule has 1 N–H and O–H groups in total. The summed E-state index contributed by atoms with van der Waals surface area (Å²) in [5.74, 6) is 5.78. The lowest BCUT2D eigenvalue weighted by Gasteiger charge is -2.61. The van der Waals surface area contributed by atoms with Crippen molar-refractivity contribution in [3.8, 4) is 0 Å². The van der Waals surface area contributed by atoms with Gasteiger partial charge in [0.05, 0.1) is 0 Å². The first-order valence-electron chi connectivity index (χ1n) is 12.7. The Kier molecular flexibility index (Phi) is 5.89. The monoisotopic (exact) mass is 387 g/mol. The van der Waals surface area contributed by atoms with Crippen molar-refractivity contribution in [2.45, 2.75) is 105 Å². The molecule has 0 saturated heterocycles. The first kappa shape index (κ1) is 20.7. The van der Waals surface area contributed by atoms with Gasteiger partial charge in [0.15, 0.2) is 0 Å². The van der Waals surface area contributed by atoms with Gasteiger partial charge in [-0.1, -0.05) is 33.6 Å². The number of hydrogen-bond donors (Lipinski definition) is 1. The molecule has 4 rings (SSSR count). The summed E-state index contributed by atoms with van der Waals surface area (Å²) in [4.78, 5) is 12.0. The minimum absolute atomic E-state index is 0.251. The second-order valence-electron chi connectivity index (χ2n) is 11.6. The van der Waals surface area contributed by atoms with Crippen LogP contribution in [0.25, 0.3) is 0 Å². The van der Waals surface area contributed by atoms with Crippen molar-refractivity contribution >= 4 is 5.91 Å². The minimum Gasteiger partial charge on any atom is -0.356 e. The van der Waals surface area contributed by atoms with E-state index in [1.807, 2.05) is 6.92 Å². The standard InChI is InChI=1S/C26H45NO/c1-5-27-24(28)14-9-18(2)21-12-13-22-20-11-10-19-8-6-7-16-25(19,3)23(20)15-17-26(21,22)4/h18-23H,5-17H2,1-4H3,(H,27,28)/t18?,19-,20-,21?,22?,23?,25-,26?/m0/s1. The molecule has 28 heavy (non-hydrogen) atoms. The van der Waals surface area contributed by atoms with Gasteiger partial charge in [0.1, 0.15) is 0 Å². The molecule has 4 aliphatic carbocycles. The molecule has 0 aromatic carbocycles. The Morgan fingerprint density at radius 2 is 1.75 bits per heavy atom. The van der Waals surface area contributed by atoms with Crippen LogP contribution in [-0.2, 0) is 4.79 Å². The normalized spacial score (nSPS) is 46.2. The van der Waals surface area contributed by atoms with Crippen LogP contribution in [0.15, 0.2) is 0 Å². The smallest absolute Gasteiger partial charge is 0.219 e. The maximum Gasteiger partial charge on any atom is 0.219 e. The van der Waals surface area contributed by atoms with Gasteiger partial charge in [-0.3, -0.25) is 4.79 Å². The third-order valence-electron chi connectivity index (χ3n) is 10.5. The van der Waals surface area contributed by atoms with E-state index < -0.39 is 0 Å². The average molecular weight is 388 g/mol. The van der Waals surface area contributed by atoms with E-state index in [0.717, 1.165) is 49.0 Å². The van der Waals surface area contributed by atoms with Crippen LogP contribution in [0.2, 0.25) is 0 Å². The van der Waals surface area contributed by atoms with Crippen molar-refractivity contribution in [1.82, 2.24) is 5.32 Å². The molecule has 0 radical (unpaired) electrons. The van der Waals surface area contributed by atoms with Crippen LogP contribution in [0, 0.1) is 46.3 Å². The zero-order chi connectivity index (χ0) is 19.9. The number of rotatable bonds is 5. The van der Waals surface area contributed by atoms with E-state index in [1.165, 1.54) is 64.2 Å². The van der Waals surface area contributed by atoms with E-state index in [2.05, 4.69) is 26.1 Å². The molecule has 4 aliphatic rings. The Balaban J connectivity index is 1.45. The number of carbonyl (C=O) groups is 1. The molecule has 0 aliphatic heterocycles. The van der Waals surface area contributed by atoms with Gasteiger partial charge >= 0.3 is 0 Å². The molecule has 4 fully saturated rings. The van der Waals surface area contributed by atoms with Gasteiger partial charge in [-0.05, 0) is 111 Å². The lowest BCUT2D eigenvalue weighted by Crippen LogP contribution is -2.53. The van der Waals surface area contributed by atoms with E-state index in [4.69, 9.17) is 0 Å². The molecule has 160 valence electrons. The average Bonchev–Trinajstić information content (AvgIpc) is 3.03. The highest BCUT2D eigenvalue weighted by atomic mass is 16.1. The summed E-state index contributed by atoms with van der Waals surface area (Å²) in [5, 5.41) is 2.99. The molecule has 4 saturated carbocycles. The molecule has 0 heterocycles. The van der Waals surface area contributed by atoms with Gasteiger partial charge in [-0.2, -0.15) is 0 Å². The fourth-order valence-electron chi connectivity index (χ4n) is 9.12. The molecule has 0 spiro atoms. The Morgan fingerprint density at radius 1 is 0.964 bits per heavy atom. The Labute approximate surface area is 174 Å². The quantitative estimate of drug-likeness (QED) is 0.566. The third-order valence-corrected chi connectivity index (χ3v) is 10.5. The van der Waals surface area contributed by atoms with Gasteiger partial charge in [-0.15, -0.1) is 0 Å². The molecule has 0 bridgehead atoms. The Morgan fingerprint density at radius 3 is 2.54 bits per heavy atom.